The standard InChI is InChI=1S/C18H13Cl3N4OS/c19-12-8-13(20)17(14(21)9-12)23-16(26)10-27-18-22-15(24-25-18)7-6-11-4-2-1-3-5-11/h1-9H,10H2,(H,23,26)(H,22,24,25)/b7-6+. The second-order valence-corrected chi connectivity index (χ2v) is 7.52. The first-order valence-corrected chi connectivity index (χ1v) is 9.86. The van der Waals surface area contributed by atoms with Crippen LogP contribution in [0.25, 0.3) is 12.2 Å². The summed E-state index contributed by atoms with van der Waals surface area (Å²) in [7, 11) is 0. The maximum Gasteiger partial charge on any atom is 0.234 e. The minimum absolute atomic E-state index is 0.106. The van der Waals surface area contributed by atoms with Gasteiger partial charge in [0.2, 0.25) is 11.1 Å². The van der Waals surface area contributed by atoms with Crippen LogP contribution in [0.1, 0.15) is 11.4 Å². The molecule has 0 unspecified atom stereocenters. The van der Waals surface area contributed by atoms with Crippen molar-refractivity contribution in [2.75, 3.05) is 11.1 Å². The average molecular weight is 440 g/mol. The van der Waals surface area contributed by atoms with E-state index in [4.69, 9.17) is 34.8 Å². The fraction of sp³-hybridized carbons (Fsp3) is 0.0556. The van der Waals surface area contributed by atoms with Gasteiger partial charge in [0.25, 0.3) is 0 Å². The normalized spacial score (nSPS) is 11.1. The Morgan fingerprint density at radius 2 is 1.81 bits per heavy atom. The highest BCUT2D eigenvalue weighted by Gasteiger charge is 2.12. The van der Waals surface area contributed by atoms with Gasteiger partial charge in [-0.15, -0.1) is 5.10 Å². The highest BCUT2D eigenvalue weighted by atomic mass is 35.5. The van der Waals surface area contributed by atoms with Crippen molar-refractivity contribution >= 4 is 70.3 Å². The number of nitrogens with one attached hydrogen (secondary N) is 2. The van der Waals surface area contributed by atoms with E-state index in [-0.39, 0.29) is 21.7 Å². The Bertz CT molecular complexity index is 953. The molecule has 2 N–H and O–H groups in total. The quantitative estimate of drug-likeness (QED) is 0.486. The Morgan fingerprint density at radius 1 is 1.11 bits per heavy atom. The average Bonchev–Trinajstić information content (AvgIpc) is 3.10. The van der Waals surface area contributed by atoms with Gasteiger partial charge >= 0.3 is 0 Å². The van der Waals surface area contributed by atoms with Crippen molar-refractivity contribution in [2.24, 2.45) is 0 Å². The molecule has 1 heterocycles. The molecule has 0 spiro atoms. The second-order valence-electron chi connectivity index (χ2n) is 5.33. The first-order valence-electron chi connectivity index (χ1n) is 7.74. The molecule has 1 amide bonds. The molecule has 0 saturated heterocycles. The minimum atomic E-state index is -0.280. The largest absolute Gasteiger partial charge is 0.323 e. The van der Waals surface area contributed by atoms with E-state index in [0.717, 1.165) is 5.56 Å². The fourth-order valence-electron chi connectivity index (χ4n) is 2.10. The number of H-pyrrole nitrogens is 1. The van der Waals surface area contributed by atoms with E-state index in [1.807, 2.05) is 42.5 Å². The lowest BCUT2D eigenvalue weighted by molar-refractivity contribution is -0.113. The number of amides is 1. The van der Waals surface area contributed by atoms with Crippen molar-refractivity contribution in [2.45, 2.75) is 5.16 Å². The molecule has 0 fully saturated rings. The van der Waals surface area contributed by atoms with Crippen LogP contribution in [0.4, 0.5) is 5.69 Å². The Labute approximate surface area is 175 Å². The van der Waals surface area contributed by atoms with Crippen molar-refractivity contribution in [3.05, 3.63) is 68.9 Å². The van der Waals surface area contributed by atoms with Gasteiger partial charge in [-0.05, 0) is 23.8 Å². The molecule has 0 atom stereocenters. The monoisotopic (exact) mass is 438 g/mol. The molecule has 3 rings (SSSR count). The number of nitrogens with zero attached hydrogens (tertiary/aromatic N) is 2. The summed E-state index contributed by atoms with van der Waals surface area (Å²) in [5, 5.41) is 11.0. The molecule has 5 nitrogen and oxygen atoms in total. The Balaban J connectivity index is 1.55. The molecule has 9 heteroatoms. The lowest BCUT2D eigenvalue weighted by atomic mass is 10.2. The van der Waals surface area contributed by atoms with Gasteiger partial charge in [0, 0.05) is 5.02 Å². The minimum Gasteiger partial charge on any atom is -0.323 e. The molecular weight excluding hydrogens is 427 g/mol. The number of carbonyl (C=O) groups excluding carboxylic acids is 1. The summed E-state index contributed by atoms with van der Waals surface area (Å²) in [5.74, 6) is 0.428. The van der Waals surface area contributed by atoms with Crippen molar-refractivity contribution in [1.82, 2.24) is 15.2 Å². The van der Waals surface area contributed by atoms with Gasteiger partial charge in [-0.2, -0.15) is 0 Å². The number of aromatic amines is 1. The molecule has 27 heavy (non-hydrogen) atoms. The molecule has 0 aliphatic rings. The first kappa shape index (κ1) is 19.8. The molecule has 0 radical (unpaired) electrons. The number of benzene rings is 2. The topological polar surface area (TPSA) is 70.7 Å². The van der Waals surface area contributed by atoms with Gasteiger partial charge in [-0.25, -0.2) is 4.98 Å². The van der Waals surface area contributed by atoms with Crippen LogP contribution in [-0.4, -0.2) is 26.8 Å². The second kappa shape index (κ2) is 9.28. The van der Waals surface area contributed by atoms with Crippen molar-refractivity contribution in [3.63, 3.8) is 0 Å². The van der Waals surface area contributed by atoms with E-state index in [1.54, 1.807) is 0 Å². The third kappa shape index (κ3) is 5.74. The number of halogens is 3. The zero-order valence-electron chi connectivity index (χ0n) is 13.7. The summed E-state index contributed by atoms with van der Waals surface area (Å²) < 4.78 is 0. The van der Waals surface area contributed by atoms with Gasteiger partial charge in [-0.3, -0.25) is 9.89 Å². The van der Waals surface area contributed by atoms with Gasteiger partial charge in [0.1, 0.15) is 5.82 Å². The lowest BCUT2D eigenvalue weighted by Gasteiger charge is -2.09. The maximum atomic E-state index is 12.1. The van der Waals surface area contributed by atoms with Crippen LogP contribution in [0.2, 0.25) is 15.1 Å². The predicted octanol–water partition coefficient (Wildman–Crippen LogP) is 5.67. The Kier molecular flexibility index (Phi) is 6.79. The van der Waals surface area contributed by atoms with Crippen molar-refractivity contribution in [3.8, 4) is 0 Å². The van der Waals surface area contributed by atoms with Gasteiger partial charge in [-0.1, -0.05) is 83.0 Å². The van der Waals surface area contributed by atoms with Crippen LogP contribution in [0, 0.1) is 0 Å². The van der Waals surface area contributed by atoms with E-state index < -0.39 is 0 Å². The number of thioether (sulfide) groups is 1. The van der Waals surface area contributed by atoms with Crippen LogP contribution in [0.3, 0.4) is 0 Å². The number of hydrogen-bond acceptors (Lipinski definition) is 4. The molecular formula is C18H13Cl3N4OS. The highest BCUT2D eigenvalue weighted by molar-refractivity contribution is 7.99. The summed E-state index contributed by atoms with van der Waals surface area (Å²) in [6, 6.07) is 12.9. The van der Waals surface area contributed by atoms with Gasteiger partial charge in [0.05, 0.1) is 21.5 Å². The summed E-state index contributed by atoms with van der Waals surface area (Å²) >= 11 is 19.2. The summed E-state index contributed by atoms with van der Waals surface area (Å²) in [6.07, 6.45) is 3.74. The zero-order valence-corrected chi connectivity index (χ0v) is 16.8. The number of rotatable bonds is 6. The molecule has 0 bridgehead atoms. The molecule has 3 aromatic rings. The van der Waals surface area contributed by atoms with E-state index >= 15 is 0 Å². The Morgan fingerprint density at radius 3 is 2.52 bits per heavy atom. The molecule has 0 aliphatic heterocycles. The van der Waals surface area contributed by atoms with Crippen LogP contribution >= 0.6 is 46.6 Å². The lowest BCUT2D eigenvalue weighted by Crippen LogP contribution is -2.14. The van der Waals surface area contributed by atoms with Crippen LogP contribution in [0.15, 0.2) is 47.6 Å². The molecule has 0 aliphatic carbocycles. The van der Waals surface area contributed by atoms with E-state index in [0.29, 0.717) is 21.7 Å². The Hall–Kier alpha value is -1.99. The molecule has 0 saturated carbocycles. The van der Waals surface area contributed by atoms with E-state index in [9.17, 15) is 4.79 Å². The molecule has 138 valence electrons. The highest BCUT2D eigenvalue weighted by Crippen LogP contribution is 2.33. The van der Waals surface area contributed by atoms with E-state index in [1.165, 1.54) is 23.9 Å². The predicted molar refractivity (Wildman–Crippen MR) is 113 cm³/mol. The third-order valence-electron chi connectivity index (χ3n) is 3.32. The number of hydrogen-bond donors (Lipinski definition) is 2. The SMILES string of the molecule is O=C(CSc1n[nH]c(/C=C/c2ccccc2)n1)Nc1c(Cl)cc(Cl)cc1Cl. The van der Waals surface area contributed by atoms with Gasteiger partial charge in [0.15, 0.2) is 0 Å². The third-order valence-corrected chi connectivity index (χ3v) is 4.98. The number of aromatic nitrogens is 3. The van der Waals surface area contributed by atoms with E-state index in [2.05, 4.69) is 20.5 Å². The summed E-state index contributed by atoms with van der Waals surface area (Å²) in [4.78, 5) is 16.4. The molecule has 2 aromatic carbocycles. The van der Waals surface area contributed by atoms with Crippen LogP contribution in [0.5, 0.6) is 0 Å². The van der Waals surface area contributed by atoms with Crippen LogP contribution < -0.4 is 5.32 Å². The van der Waals surface area contributed by atoms with Gasteiger partial charge < -0.3 is 5.32 Å². The number of anilines is 1. The fourth-order valence-corrected chi connectivity index (χ4v) is 3.62. The summed E-state index contributed by atoms with van der Waals surface area (Å²) in [6.45, 7) is 0. The summed E-state index contributed by atoms with van der Waals surface area (Å²) in [5.41, 5.74) is 1.38. The van der Waals surface area contributed by atoms with Crippen molar-refractivity contribution < 1.29 is 4.79 Å². The number of carbonyl (C=O) groups is 1. The smallest absolute Gasteiger partial charge is 0.234 e. The van der Waals surface area contributed by atoms with Crippen molar-refractivity contribution in [1.29, 1.82) is 0 Å². The first-order chi connectivity index (χ1) is 13.0. The molecule has 1 aromatic heterocycles. The zero-order chi connectivity index (χ0) is 19.2. The maximum absolute atomic E-state index is 12.1. The van der Waals surface area contributed by atoms with Crippen LogP contribution in [-0.2, 0) is 4.79 Å².